The van der Waals surface area contributed by atoms with Gasteiger partial charge in [-0.3, -0.25) is 9.59 Å². The van der Waals surface area contributed by atoms with E-state index in [0.717, 1.165) is 21.0 Å². The molecule has 0 atom stereocenters. The number of Topliss-reactive ketones (excluding diaryl/α,β-unsaturated/α-hetero) is 1. The predicted molar refractivity (Wildman–Crippen MR) is 103 cm³/mol. The molecule has 0 saturated carbocycles. The van der Waals surface area contributed by atoms with Crippen molar-refractivity contribution in [3.8, 4) is 11.3 Å². The zero-order valence-corrected chi connectivity index (χ0v) is 16.0. The van der Waals surface area contributed by atoms with Crippen LogP contribution >= 0.6 is 22.7 Å². The van der Waals surface area contributed by atoms with Gasteiger partial charge in [0.05, 0.1) is 10.6 Å². The van der Waals surface area contributed by atoms with Crippen molar-refractivity contribution in [2.45, 2.75) is 26.7 Å². The molecule has 26 heavy (non-hydrogen) atoms. The maximum Gasteiger partial charge on any atom is 0.226 e. The Morgan fingerprint density at radius 2 is 1.77 bits per heavy atom. The number of anilines is 1. The number of hydrogen-bond acceptors (Lipinski definition) is 5. The molecule has 0 spiro atoms. The molecule has 3 aromatic rings. The van der Waals surface area contributed by atoms with E-state index in [9.17, 15) is 14.0 Å². The number of benzene rings is 1. The Kier molecular flexibility index (Phi) is 5.58. The maximum atomic E-state index is 13.1. The summed E-state index contributed by atoms with van der Waals surface area (Å²) in [7, 11) is 0. The molecule has 4 nitrogen and oxygen atoms in total. The van der Waals surface area contributed by atoms with Gasteiger partial charge in [0.2, 0.25) is 5.91 Å². The van der Waals surface area contributed by atoms with Crippen LogP contribution in [-0.4, -0.2) is 16.7 Å². The van der Waals surface area contributed by atoms with Crippen molar-refractivity contribution in [2.75, 3.05) is 5.32 Å². The number of carbonyl (C=O) groups excluding carboxylic acids is 2. The molecule has 0 saturated heterocycles. The van der Waals surface area contributed by atoms with Gasteiger partial charge in [-0.15, -0.1) is 22.7 Å². The molecule has 0 aliphatic heterocycles. The number of nitrogens with zero attached hydrogens (tertiary/aromatic N) is 1. The van der Waals surface area contributed by atoms with E-state index in [2.05, 4.69) is 10.3 Å². The molecule has 134 valence electrons. The molecule has 3 rings (SSSR count). The van der Waals surface area contributed by atoms with Gasteiger partial charge >= 0.3 is 0 Å². The average molecular weight is 388 g/mol. The quantitative estimate of drug-likeness (QED) is 0.588. The summed E-state index contributed by atoms with van der Waals surface area (Å²) in [6, 6.07) is 9.76. The van der Waals surface area contributed by atoms with E-state index in [1.807, 2.05) is 19.9 Å². The minimum atomic E-state index is -0.305. The molecule has 0 bridgehead atoms. The van der Waals surface area contributed by atoms with Gasteiger partial charge in [0.15, 0.2) is 10.9 Å². The van der Waals surface area contributed by atoms with Crippen LogP contribution in [0.25, 0.3) is 11.3 Å². The minimum absolute atomic E-state index is 0.0272. The van der Waals surface area contributed by atoms with Crippen LogP contribution in [0.3, 0.4) is 0 Å². The van der Waals surface area contributed by atoms with E-state index < -0.39 is 0 Å². The van der Waals surface area contributed by atoms with E-state index >= 15 is 0 Å². The van der Waals surface area contributed by atoms with E-state index in [4.69, 9.17) is 0 Å². The fraction of sp³-hybridized carbons (Fsp3) is 0.211. The number of halogens is 1. The number of nitrogens with one attached hydrogen (secondary N) is 1. The Labute approximate surface area is 158 Å². The topological polar surface area (TPSA) is 59.1 Å². The van der Waals surface area contributed by atoms with E-state index in [-0.39, 0.29) is 30.3 Å². The Bertz CT molecular complexity index is 945. The van der Waals surface area contributed by atoms with Gasteiger partial charge in [-0.2, -0.15) is 0 Å². The molecule has 0 unspecified atom stereocenters. The number of aromatic nitrogens is 1. The number of aryl methyl sites for hydroxylation is 2. The van der Waals surface area contributed by atoms with Crippen LogP contribution in [0.2, 0.25) is 0 Å². The van der Waals surface area contributed by atoms with Crippen LogP contribution in [-0.2, 0) is 4.79 Å². The van der Waals surface area contributed by atoms with E-state index in [0.29, 0.717) is 10.0 Å². The van der Waals surface area contributed by atoms with Crippen LogP contribution < -0.4 is 5.32 Å². The third kappa shape index (κ3) is 4.42. The first kappa shape index (κ1) is 18.4. The molecule has 0 radical (unpaired) electrons. The average Bonchev–Trinajstić information content (AvgIpc) is 3.19. The largest absolute Gasteiger partial charge is 0.302 e. The monoisotopic (exact) mass is 388 g/mol. The normalized spacial score (nSPS) is 10.7. The summed E-state index contributed by atoms with van der Waals surface area (Å²) in [5.41, 5.74) is 1.51. The van der Waals surface area contributed by atoms with Gasteiger partial charge in [-0.1, -0.05) is 0 Å². The van der Waals surface area contributed by atoms with Gasteiger partial charge in [0.25, 0.3) is 0 Å². The summed E-state index contributed by atoms with van der Waals surface area (Å²) < 4.78 is 13.1. The second-order valence-corrected chi connectivity index (χ2v) is 8.30. The molecule has 2 heterocycles. The van der Waals surface area contributed by atoms with Crippen molar-refractivity contribution in [2.24, 2.45) is 0 Å². The third-order valence-electron chi connectivity index (χ3n) is 3.75. The first-order valence-corrected chi connectivity index (χ1v) is 9.68. The van der Waals surface area contributed by atoms with Crippen LogP contribution in [0.15, 0.2) is 36.4 Å². The van der Waals surface area contributed by atoms with Crippen molar-refractivity contribution in [3.63, 3.8) is 0 Å². The number of rotatable bonds is 6. The Morgan fingerprint density at radius 1 is 1.04 bits per heavy atom. The zero-order valence-electron chi connectivity index (χ0n) is 14.3. The summed E-state index contributed by atoms with van der Waals surface area (Å²) >= 11 is 2.79. The highest BCUT2D eigenvalue weighted by atomic mass is 32.1. The molecule has 7 heteroatoms. The zero-order chi connectivity index (χ0) is 18.7. The highest BCUT2D eigenvalue weighted by molar-refractivity contribution is 7.16. The van der Waals surface area contributed by atoms with Crippen LogP contribution in [0.1, 0.15) is 32.3 Å². The van der Waals surface area contributed by atoms with E-state index in [1.54, 1.807) is 18.2 Å². The standard InChI is InChI=1S/C19H17FN2O2S2/c1-11-3-9-16(25-11)15(23)8-10-17(24)21-19-22-18(12(2)26-19)13-4-6-14(20)7-5-13/h3-7,9H,8,10H2,1-2H3,(H,21,22,24). The number of thiophene rings is 1. The van der Waals surface area contributed by atoms with Crippen LogP contribution in [0.5, 0.6) is 0 Å². The number of carbonyl (C=O) groups is 2. The Hall–Kier alpha value is -2.38. The lowest BCUT2D eigenvalue weighted by Gasteiger charge is -2.01. The van der Waals surface area contributed by atoms with Gasteiger partial charge in [-0.05, 0) is 50.2 Å². The molecule has 1 N–H and O–H groups in total. The van der Waals surface area contributed by atoms with Gasteiger partial charge in [0, 0.05) is 28.2 Å². The smallest absolute Gasteiger partial charge is 0.226 e. The summed E-state index contributed by atoms with van der Waals surface area (Å²) in [6.45, 7) is 3.84. The van der Waals surface area contributed by atoms with Crippen molar-refractivity contribution < 1.29 is 14.0 Å². The molecular weight excluding hydrogens is 371 g/mol. The first-order chi connectivity index (χ1) is 12.4. The highest BCUT2D eigenvalue weighted by Gasteiger charge is 2.14. The summed E-state index contributed by atoms with van der Waals surface area (Å²) in [6.07, 6.45) is 0.279. The molecule has 1 aromatic carbocycles. The fourth-order valence-electron chi connectivity index (χ4n) is 2.44. The fourth-order valence-corrected chi connectivity index (χ4v) is 4.13. The van der Waals surface area contributed by atoms with Crippen LogP contribution in [0, 0.1) is 19.7 Å². The first-order valence-electron chi connectivity index (χ1n) is 8.05. The number of thiazole rings is 1. The van der Waals surface area contributed by atoms with Crippen molar-refractivity contribution in [1.29, 1.82) is 0 Å². The lowest BCUT2D eigenvalue weighted by Crippen LogP contribution is -2.13. The SMILES string of the molecule is Cc1ccc(C(=O)CCC(=O)Nc2nc(-c3ccc(F)cc3)c(C)s2)s1. The van der Waals surface area contributed by atoms with Crippen LogP contribution in [0.4, 0.5) is 9.52 Å². The summed E-state index contributed by atoms with van der Waals surface area (Å²) in [5.74, 6) is -0.577. The van der Waals surface area contributed by atoms with Crippen molar-refractivity contribution in [1.82, 2.24) is 4.98 Å². The van der Waals surface area contributed by atoms with Gasteiger partial charge in [0.1, 0.15) is 5.82 Å². The second-order valence-electron chi connectivity index (χ2n) is 5.81. The molecule has 2 aromatic heterocycles. The van der Waals surface area contributed by atoms with Crippen molar-refractivity contribution in [3.05, 3.63) is 56.8 Å². The molecule has 0 aliphatic carbocycles. The lowest BCUT2D eigenvalue weighted by molar-refractivity contribution is -0.116. The minimum Gasteiger partial charge on any atom is -0.302 e. The summed E-state index contributed by atoms with van der Waals surface area (Å²) in [4.78, 5) is 31.3. The molecule has 0 aliphatic rings. The van der Waals surface area contributed by atoms with E-state index in [1.165, 1.54) is 34.8 Å². The molecule has 1 amide bonds. The number of hydrogen-bond donors (Lipinski definition) is 1. The predicted octanol–water partition coefficient (Wildman–Crippen LogP) is 5.23. The number of amides is 1. The second kappa shape index (κ2) is 7.88. The summed E-state index contributed by atoms with van der Waals surface area (Å²) in [5, 5.41) is 3.22. The molecular formula is C19H17FN2O2S2. The lowest BCUT2D eigenvalue weighted by atomic mass is 10.1. The third-order valence-corrected chi connectivity index (χ3v) is 5.68. The maximum absolute atomic E-state index is 13.1. The van der Waals surface area contributed by atoms with Gasteiger partial charge < -0.3 is 5.32 Å². The van der Waals surface area contributed by atoms with Crippen molar-refractivity contribution >= 4 is 39.5 Å². The molecule has 0 fully saturated rings. The number of ketones is 1. The Morgan fingerprint density at radius 3 is 2.42 bits per heavy atom. The Balaban J connectivity index is 1.60. The van der Waals surface area contributed by atoms with Gasteiger partial charge in [-0.25, -0.2) is 9.37 Å². The highest BCUT2D eigenvalue weighted by Crippen LogP contribution is 2.30.